The van der Waals surface area contributed by atoms with Crippen LogP contribution in [-0.4, -0.2) is 30.6 Å². The van der Waals surface area contributed by atoms with Crippen molar-refractivity contribution in [1.29, 1.82) is 0 Å². The van der Waals surface area contributed by atoms with Gasteiger partial charge in [0.2, 0.25) is 0 Å². The number of nitrogens with one attached hydrogen (secondary N) is 1. The van der Waals surface area contributed by atoms with Crippen LogP contribution < -0.4 is 10.2 Å². The summed E-state index contributed by atoms with van der Waals surface area (Å²) in [6, 6.07) is 2.03. The summed E-state index contributed by atoms with van der Waals surface area (Å²) in [7, 11) is 4.03. The molecule has 0 bridgehead atoms. The molecule has 1 aromatic rings. The lowest BCUT2D eigenvalue weighted by molar-refractivity contribution is 0.583. The van der Waals surface area contributed by atoms with Crippen LogP contribution in [0.2, 0.25) is 0 Å². The predicted molar refractivity (Wildman–Crippen MR) is 76.3 cm³/mol. The lowest BCUT2D eigenvalue weighted by Gasteiger charge is -2.20. The van der Waals surface area contributed by atoms with Crippen molar-refractivity contribution in [2.24, 2.45) is 5.92 Å². The quantitative estimate of drug-likeness (QED) is 0.840. The van der Waals surface area contributed by atoms with Crippen molar-refractivity contribution in [1.82, 2.24) is 9.97 Å². The molecule has 1 fully saturated rings. The van der Waals surface area contributed by atoms with Gasteiger partial charge in [-0.25, -0.2) is 9.97 Å². The van der Waals surface area contributed by atoms with Gasteiger partial charge >= 0.3 is 0 Å². The van der Waals surface area contributed by atoms with E-state index in [4.69, 9.17) is 4.98 Å². The van der Waals surface area contributed by atoms with E-state index in [1.807, 2.05) is 13.1 Å². The van der Waals surface area contributed by atoms with Gasteiger partial charge in [-0.2, -0.15) is 0 Å². The van der Waals surface area contributed by atoms with Crippen LogP contribution in [0.15, 0.2) is 6.07 Å². The Labute approximate surface area is 110 Å². The molecule has 0 aliphatic heterocycles. The second-order valence-electron chi connectivity index (χ2n) is 5.60. The van der Waals surface area contributed by atoms with Gasteiger partial charge in [0.1, 0.15) is 17.5 Å². The van der Waals surface area contributed by atoms with Crippen molar-refractivity contribution < 1.29 is 0 Å². The molecule has 0 amide bonds. The Morgan fingerprint density at radius 2 is 2.11 bits per heavy atom. The van der Waals surface area contributed by atoms with E-state index < -0.39 is 0 Å². The van der Waals surface area contributed by atoms with Gasteiger partial charge in [-0.3, -0.25) is 0 Å². The molecule has 2 rings (SSSR count). The number of hydrogen-bond donors (Lipinski definition) is 1. The zero-order valence-electron chi connectivity index (χ0n) is 11.9. The maximum Gasteiger partial charge on any atom is 0.136 e. The standard InChI is InChI=1S/C14H24N4/c1-10(2)7-8-18(4)13-9-12(15-3)16-14(17-13)11-5-6-11/h9-11H,5-8H2,1-4H3,(H,15,16,17). The topological polar surface area (TPSA) is 41.0 Å². The van der Waals surface area contributed by atoms with Crippen LogP contribution in [0.4, 0.5) is 11.6 Å². The van der Waals surface area contributed by atoms with Crippen LogP contribution in [0, 0.1) is 5.92 Å². The molecule has 1 saturated carbocycles. The molecule has 0 unspecified atom stereocenters. The summed E-state index contributed by atoms with van der Waals surface area (Å²) in [5, 5.41) is 3.13. The fourth-order valence-corrected chi connectivity index (χ4v) is 1.87. The molecular formula is C14H24N4. The minimum Gasteiger partial charge on any atom is -0.373 e. The molecule has 1 aromatic heterocycles. The maximum atomic E-state index is 4.70. The number of rotatable bonds is 6. The van der Waals surface area contributed by atoms with E-state index in [0.717, 1.165) is 29.9 Å². The van der Waals surface area contributed by atoms with Crippen molar-refractivity contribution in [3.05, 3.63) is 11.9 Å². The second-order valence-corrected chi connectivity index (χ2v) is 5.60. The zero-order chi connectivity index (χ0) is 13.1. The van der Waals surface area contributed by atoms with Crippen LogP contribution in [-0.2, 0) is 0 Å². The number of nitrogens with zero attached hydrogens (tertiary/aromatic N) is 3. The van der Waals surface area contributed by atoms with E-state index in [-0.39, 0.29) is 0 Å². The molecule has 4 heteroatoms. The largest absolute Gasteiger partial charge is 0.373 e. The Balaban J connectivity index is 2.12. The molecule has 1 N–H and O–H groups in total. The first-order chi connectivity index (χ1) is 8.60. The summed E-state index contributed by atoms with van der Waals surface area (Å²) in [6.45, 7) is 5.55. The average Bonchev–Trinajstić information content (AvgIpc) is 3.19. The fraction of sp³-hybridized carbons (Fsp3) is 0.714. The first kappa shape index (κ1) is 13.1. The average molecular weight is 248 g/mol. The molecule has 1 aliphatic carbocycles. The van der Waals surface area contributed by atoms with Gasteiger partial charge in [0.15, 0.2) is 0 Å². The monoisotopic (exact) mass is 248 g/mol. The summed E-state index contributed by atoms with van der Waals surface area (Å²) in [6.07, 6.45) is 3.67. The summed E-state index contributed by atoms with van der Waals surface area (Å²) in [5.74, 6) is 4.29. The Morgan fingerprint density at radius 3 is 2.67 bits per heavy atom. The summed E-state index contributed by atoms with van der Waals surface area (Å²) >= 11 is 0. The van der Waals surface area contributed by atoms with Crippen LogP contribution in [0.25, 0.3) is 0 Å². The van der Waals surface area contributed by atoms with E-state index in [9.17, 15) is 0 Å². The molecule has 1 aliphatic rings. The minimum atomic E-state index is 0.593. The van der Waals surface area contributed by atoms with Crippen molar-refractivity contribution >= 4 is 11.6 Å². The molecule has 0 saturated heterocycles. The van der Waals surface area contributed by atoms with E-state index in [2.05, 4.69) is 36.1 Å². The van der Waals surface area contributed by atoms with Gasteiger partial charge in [-0.05, 0) is 25.2 Å². The van der Waals surface area contributed by atoms with Crippen LogP contribution in [0.1, 0.15) is 44.9 Å². The Bertz CT molecular complexity index is 399. The van der Waals surface area contributed by atoms with E-state index in [1.165, 1.54) is 19.3 Å². The van der Waals surface area contributed by atoms with Crippen molar-refractivity contribution in [3.63, 3.8) is 0 Å². The first-order valence-electron chi connectivity index (χ1n) is 6.88. The highest BCUT2D eigenvalue weighted by Gasteiger charge is 2.27. The van der Waals surface area contributed by atoms with E-state index in [1.54, 1.807) is 0 Å². The van der Waals surface area contributed by atoms with Crippen molar-refractivity contribution in [3.8, 4) is 0 Å². The third kappa shape index (κ3) is 3.34. The van der Waals surface area contributed by atoms with Gasteiger partial charge < -0.3 is 10.2 Å². The summed E-state index contributed by atoms with van der Waals surface area (Å²) < 4.78 is 0. The number of anilines is 2. The highest BCUT2D eigenvalue weighted by molar-refractivity contribution is 5.49. The first-order valence-corrected chi connectivity index (χ1v) is 6.88. The SMILES string of the molecule is CNc1cc(N(C)CCC(C)C)nc(C2CC2)n1. The second kappa shape index (κ2) is 5.55. The Kier molecular flexibility index (Phi) is 4.04. The zero-order valence-corrected chi connectivity index (χ0v) is 11.9. The third-order valence-corrected chi connectivity index (χ3v) is 3.36. The van der Waals surface area contributed by atoms with Gasteiger partial charge in [0.05, 0.1) is 0 Å². The highest BCUT2D eigenvalue weighted by Crippen LogP contribution is 2.39. The van der Waals surface area contributed by atoms with Crippen molar-refractivity contribution in [2.45, 2.75) is 39.0 Å². The third-order valence-electron chi connectivity index (χ3n) is 3.36. The molecule has 18 heavy (non-hydrogen) atoms. The molecular weight excluding hydrogens is 224 g/mol. The van der Waals surface area contributed by atoms with Crippen molar-refractivity contribution in [2.75, 3.05) is 30.9 Å². The lowest BCUT2D eigenvalue weighted by Crippen LogP contribution is -2.22. The number of aromatic nitrogens is 2. The minimum absolute atomic E-state index is 0.593. The van der Waals surface area contributed by atoms with Crippen LogP contribution in [0.5, 0.6) is 0 Å². The van der Waals surface area contributed by atoms with Gasteiger partial charge in [0, 0.05) is 32.6 Å². The van der Waals surface area contributed by atoms with E-state index >= 15 is 0 Å². The predicted octanol–water partition coefficient (Wildman–Crippen LogP) is 2.88. The highest BCUT2D eigenvalue weighted by atomic mass is 15.2. The molecule has 0 aromatic carbocycles. The summed E-state index contributed by atoms with van der Waals surface area (Å²) in [5.41, 5.74) is 0. The summed E-state index contributed by atoms with van der Waals surface area (Å²) in [4.78, 5) is 11.5. The normalized spacial score (nSPS) is 14.9. The Hall–Kier alpha value is -1.32. The molecule has 0 spiro atoms. The Morgan fingerprint density at radius 1 is 1.39 bits per heavy atom. The maximum absolute atomic E-state index is 4.70. The van der Waals surface area contributed by atoms with Gasteiger partial charge in [0.25, 0.3) is 0 Å². The molecule has 1 heterocycles. The number of hydrogen-bond acceptors (Lipinski definition) is 4. The lowest BCUT2D eigenvalue weighted by atomic mass is 10.1. The molecule has 4 nitrogen and oxygen atoms in total. The molecule has 0 atom stereocenters. The van der Waals surface area contributed by atoms with Crippen LogP contribution in [0.3, 0.4) is 0 Å². The fourth-order valence-electron chi connectivity index (χ4n) is 1.87. The van der Waals surface area contributed by atoms with Gasteiger partial charge in [-0.15, -0.1) is 0 Å². The molecule has 100 valence electrons. The smallest absolute Gasteiger partial charge is 0.136 e. The molecule has 0 radical (unpaired) electrons. The van der Waals surface area contributed by atoms with Gasteiger partial charge in [-0.1, -0.05) is 13.8 Å². The van der Waals surface area contributed by atoms with E-state index in [0.29, 0.717) is 5.92 Å². The van der Waals surface area contributed by atoms with Crippen LogP contribution >= 0.6 is 0 Å².